The molecule has 18 heavy (non-hydrogen) atoms. The fourth-order valence-electron chi connectivity index (χ4n) is 2.35. The minimum absolute atomic E-state index is 0.484. The van der Waals surface area contributed by atoms with Gasteiger partial charge in [0.2, 0.25) is 0 Å². The van der Waals surface area contributed by atoms with Gasteiger partial charge in [0.25, 0.3) is 0 Å². The normalized spacial score (nSPS) is 28.5. The third-order valence-corrected chi connectivity index (χ3v) is 3.72. The highest BCUT2D eigenvalue weighted by atomic mass is 16.5. The van der Waals surface area contributed by atoms with E-state index in [9.17, 15) is 5.11 Å². The molecule has 4 heteroatoms. The predicted octanol–water partition coefficient (Wildman–Crippen LogP) is 1.57. The molecule has 0 bridgehead atoms. The highest BCUT2D eigenvalue weighted by molar-refractivity contribution is 4.86. The van der Waals surface area contributed by atoms with Crippen molar-refractivity contribution >= 4 is 0 Å². The molecule has 1 aliphatic carbocycles. The summed E-state index contributed by atoms with van der Waals surface area (Å²) >= 11 is 0. The molecule has 0 radical (unpaired) electrons. The fourth-order valence-corrected chi connectivity index (χ4v) is 2.35. The summed E-state index contributed by atoms with van der Waals surface area (Å²) in [5.41, 5.74) is -0.484. The van der Waals surface area contributed by atoms with E-state index in [0.29, 0.717) is 13.2 Å². The van der Waals surface area contributed by atoms with E-state index in [2.05, 4.69) is 12.2 Å². The second-order valence-electron chi connectivity index (χ2n) is 5.54. The molecule has 0 saturated heterocycles. The lowest BCUT2D eigenvalue weighted by molar-refractivity contribution is -0.00744. The fraction of sp³-hybridized carbons (Fsp3) is 1.00. The average molecular weight is 259 g/mol. The second kappa shape index (κ2) is 8.86. The minimum atomic E-state index is -0.484. The van der Waals surface area contributed by atoms with Gasteiger partial charge in [-0.25, -0.2) is 0 Å². The zero-order chi connectivity index (χ0) is 13.3. The molecule has 108 valence electrons. The van der Waals surface area contributed by atoms with Crippen molar-refractivity contribution in [2.75, 3.05) is 40.0 Å². The van der Waals surface area contributed by atoms with E-state index in [1.165, 1.54) is 0 Å². The Labute approximate surface area is 111 Å². The molecule has 0 spiro atoms. The Morgan fingerprint density at radius 1 is 1.22 bits per heavy atom. The second-order valence-corrected chi connectivity index (χ2v) is 5.54. The molecule has 0 heterocycles. The molecule has 0 aliphatic heterocycles. The van der Waals surface area contributed by atoms with Crippen LogP contribution >= 0.6 is 0 Å². The van der Waals surface area contributed by atoms with Crippen LogP contribution < -0.4 is 5.32 Å². The molecular weight excluding hydrogens is 230 g/mol. The summed E-state index contributed by atoms with van der Waals surface area (Å²) < 4.78 is 10.4. The van der Waals surface area contributed by atoms with Gasteiger partial charge in [0.1, 0.15) is 0 Å². The SMILES string of the molecule is COCCCOCCNCC1(O)CCC(C)CC1. The number of aliphatic hydroxyl groups is 1. The molecule has 0 amide bonds. The first-order valence-electron chi connectivity index (χ1n) is 7.16. The zero-order valence-corrected chi connectivity index (χ0v) is 11.9. The maximum absolute atomic E-state index is 10.3. The van der Waals surface area contributed by atoms with Gasteiger partial charge < -0.3 is 19.9 Å². The largest absolute Gasteiger partial charge is 0.389 e. The van der Waals surface area contributed by atoms with Gasteiger partial charge in [-0.15, -0.1) is 0 Å². The number of nitrogens with one attached hydrogen (secondary N) is 1. The first-order chi connectivity index (χ1) is 8.66. The van der Waals surface area contributed by atoms with E-state index in [1.54, 1.807) is 7.11 Å². The third-order valence-electron chi connectivity index (χ3n) is 3.72. The zero-order valence-electron chi connectivity index (χ0n) is 11.9. The third kappa shape index (κ3) is 6.69. The monoisotopic (exact) mass is 259 g/mol. The van der Waals surface area contributed by atoms with Gasteiger partial charge >= 0.3 is 0 Å². The number of ether oxygens (including phenoxy) is 2. The summed E-state index contributed by atoms with van der Waals surface area (Å²) in [7, 11) is 1.70. The quantitative estimate of drug-likeness (QED) is 0.617. The highest BCUT2D eigenvalue weighted by Gasteiger charge is 2.30. The first-order valence-corrected chi connectivity index (χ1v) is 7.16. The molecule has 2 N–H and O–H groups in total. The van der Waals surface area contributed by atoms with Crippen LogP contribution in [0.3, 0.4) is 0 Å². The molecule has 0 aromatic heterocycles. The molecule has 0 atom stereocenters. The van der Waals surface area contributed by atoms with E-state index < -0.39 is 5.60 Å². The van der Waals surface area contributed by atoms with Gasteiger partial charge in [0.15, 0.2) is 0 Å². The van der Waals surface area contributed by atoms with Crippen molar-refractivity contribution in [2.45, 2.75) is 44.6 Å². The van der Waals surface area contributed by atoms with Crippen LogP contribution in [0.4, 0.5) is 0 Å². The minimum Gasteiger partial charge on any atom is -0.389 e. The van der Waals surface area contributed by atoms with Gasteiger partial charge in [0.05, 0.1) is 12.2 Å². The Kier molecular flexibility index (Phi) is 7.82. The molecule has 1 rings (SSSR count). The highest BCUT2D eigenvalue weighted by Crippen LogP contribution is 2.31. The average Bonchev–Trinajstić information content (AvgIpc) is 2.37. The lowest BCUT2D eigenvalue weighted by atomic mass is 9.79. The summed E-state index contributed by atoms with van der Waals surface area (Å²) in [6, 6.07) is 0. The Morgan fingerprint density at radius 2 is 1.94 bits per heavy atom. The van der Waals surface area contributed by atoms with Crippen LogP contribution in [-0.2, 0) is 9.47 Å². The Bertz CT molecular complexity index is 203. The van der Waals surface area contributed by atoms with Crippen molar-refractivity contribution < 1.29 is 14.6 Å². The van der Waals surface area contributed by atoms with E-state index in [1.807, 2.05) is 0 Å². The molecule has 1 aliphatic rings. The number of methoxy groups -OCH3 is 1. The van der Waals surface area contributed by atoms with E-state index in [0.717, 1.165) is 57.8 Å². The Balaban J connectivity index is 1.94. The molecule has 0 aromatic carbocycles. The van der Waals surface area contributed by atoms with Crippen LogP contribution in [0.1, 0.15) is 39.0 Å². The maximum atomic E-state index is 10.3. The first kappa shape index (κ1) is 15.9. The van der Waals surface area contributed by atoms with Crippen LogP contribution in [0.25, 0.3) is 0 Å². The molecule has 0 aromatic rings. The Hall–Kier alpha value is -0.160. The number of hydrogen-bond acceptors (Lipinski definition) is 4. The van der Waals surface area contributed by atoms with E-state index >= 15 is 0 Å². The van der Waals surface area contributed by atoms with Crippen LogP contribution in [0.15, 0.2) is 0 Å². The molecule has 1 fully saturated rings. The summed E-state index contributed by atoms with van der Waals surface area (Å²) in [6.07, 6.45) is 5.08. The maximum Gasteiger partial charge on any atom is 0.0771 e. The number of rotatable bonds is 9. The van der Waals surface area contributed by atoms with Gasteiger partial charge in [-0.3, -0.25) is 0 Å². The predicted molar refractivity (Wildman–Crippen MR) is 72.8 cm³/mol. The smallest absolute Gasteiger partial charge is 0.0771 e. The van der Waals surface area contributed by atoms with Crippen molar-refractivity contribution in [2.24, 2.45) is 5.92 Å². The number of hydrogen-bond donors (Lipinski definition) is 2. The van der Waals surface area contributed by atoms with Crippen molar-refractivity contribution in [3.63, 3.8) is 0 Å². The van der Waals surface area contributed by atoms with E-state index in [-0.39, 0.29) is 0 Å². The summed E-state index contributed by atoms with van der Waals surface area (Å²) in [4.78, 5) is 0. The van der Waals surface area contributed by atoms with Crippen molar-refractivity contribution in [3.05, 3.63) is 0 Å². The van der Waals surface area contributed by atoms with Crippen LogP contribution in [0.2, 0.25) is 0 Å². The Morgan fingerprint density at radius 3 is 2.61 bits per heavy atom. The molecule has 1 saturated carbocycles. The lowest BCUT2D eigenvalue weighted by Crippen LogP contribution is -2.44. The summed E-state index contributed by atoms with van der Waals surface area (Å²) in [5, 5.41) is 13.6. The van der Waals surface area contributed by atoms with Crippen LogP contribution in [-0.4, -0.2) is 50.7 Å². The van der Waals surface area contributed by atoms with Crippen LogP contribution in [0.5, 0.6) is 0 Å². The van der Waals surface area contributed by atoms with Gasteiger partial charge in [0, 0.05) is 33.4 Å². The molecular formula is C14H29NO3. The summed E-state index contributed by atoms with van der Waals surface area (Å²) in [5.74, 6) is 0.773. The van der Waals surface area contributed by atoms with E-state index in [4.69, 9.17) is 9.47 Å². The standard InChI is InChI=1S/C14H29NO3/c1-13-4-6-14(16,7-5-13)12-15-8-11-18-10-3-9-17-2/h13,15-16H,3-12H2,1-2H3. The molecule has 0 unspecified atom stereocenters. The van der Waals surface area contributed by atoms with Gasteiger partial charge in [-0.2, -0.15) is 0 Å². The molecule has 4 nitrogen and oxygen atoms in total. The lowest BCUT2D eigenvalue weighted by Gasteiger charge is -2.35. The van der Waals surface area contributed by atoms with Crippen molar-refractivity contribution in [1.82, 2.24) is 5.32 Å². The van der Waals surface area contributed by atoms with Crippen molar-refractivity contribution in [3.8, 4) is 0 Å². The topological polar surface area (TPSA) is 50.7 Å². The summed E-state index contributed by atoms with van der Waals surface area (Å²) in [6.45, 7) is 5.98. The van der Waals surface area contributed by atoms with Crippen molar-refractivity contribution in [1.29, 1.82) is 0 Å². The van der Waals surface area contributed by atoms with Crippen LogP contribution in [0, 0.1) is 5.92 Å². The van der Waals surface area contributed by atoms with Gasteiger partial charge in [-0.05, 0) is 38.0 Å². The van der Waals surface area contributed by atoms with Gasteiger partial charge in [-0.1, -0.05) is 6.92 Å².